The van der Waals surface area contributed by atoms with E-state index in [1.807, 2.05) is 33.8 Å². The molecule has 1 saturated heterocycles. The maximum absolute atomic E-state index is 12.4. The van der Waals surface area contributed by atoms with Crippen LogP contribution in [0.3, 0.4) is 0 Å². The minimum atomic E-state index is -0.828. The Balaban J connectivity index is 1.75. The lowest BCUT2D eigenvalue weighted by Gasteiger charge is -2.39. The van der Waals surface area contributed by atoms with Crippen molar-refractivity contribution in [3.63, 3.8) is 0 Å². The summed E-state index contributed by atoms with van der Waals surface area (Å²) in [5, 5.41) is 17.6. The van der Waals surface area contributed by atoms with E-state index in [0.717, 1.165) is 12.0 Å². The summed E-state index contributed by atoms with van der Waals surface area (Å²) in [6, 6.07) is 3.42. The predicted octanol–water partition coefficient (Wildman–Crippen LogP) is 2.40. The zero-order valence-corrected chi connectivity index (χ0v) is 13.5. The number of likely N-dealkylation sites (tertiary alicyclic amines) is 1. The van der Waals surface area contributed by atoms with E-state index in [2.05, 4.69) is 5.10 Å². The van der Waals surface area contributed by atoms with E-state index >= 15 is 0 Å². The van der Waals surface area contributed by atoms with Crippen molar-refractivity contribution in [1.82, 2.24) is 14.7 Å². The van der Waals surface area contributed by atoms with Crippen LogP contribution in [0.25, 0.3) is 0 Å². The van der Waals surface area contributed by atoms with Crippen LogP contribution in [0, 0.1) is 5.92 Å². The van der Waals surface area contributed by atoms with Crippen molar-refractivity contribution in [3.05, 3.63) is 40.8 Å². The molecule has 1 aliphatic heterocycles. The van der Waals surface area contributed by atoms with Crippen LogP contribution in [0.5, 0.6) is 0 Å². The predicted molar refractivity (Wildman–Crippen MR) is 86.0 cm³/mol. The quantitative estimate of drug-likeness (QED) is 0.881. The summed E-state index contributed by atoms with van der Waals surface area (Å²) < 4.78 is 1.82. The normalized spacial score (nSPS) is 21.6. The molecule has 2 aromatic heterocycles. The molecule has 0 spiro atoms. The topological polar surface area (TPSA) is 75.4 Å². The molecule has 3 heterocycles. The van der Waals surface area contributed by atoms with Gasteiger partial charge in [0.15, 0.2) is 0 Å². The first-order chi connectivity index (χ1) is 11.2. The first-order valence-corrected chi connectivity index (χ1v) is 8.63. The van der Waals surface area contributed by atoms with E-state index in [-0.39, 0.29) is 11.9 Å². The molecule has 3 rings (SSSR count). The second kappa shape index (κ2) is 6.95. The van der Waals surface area contributed by atoms with Crippen LogP contribution in [0.4, 0.5) is 0 Å². The molecule has 0 bridgehead atoms. The van der Waals surface area contributed by atoms with Gasteiger partial charge in [0, 0.05) is 31.9 Å². The summed E-state index contributed by atoms with van der Waals surface area (Å²) in [7, 11) is 0. The molecule has 2 atom stereocenters. The fourth-order valence-corrected chi connectivity index (χ4v) is 3.86. The first kappa shape index (κ1) is 15.7. The Kier molecular flexibility index (Phi) is 4.76. The number of aromatic nitrogens is 2. The lowest BCUT2D eigenvalue weighted by molar-refractivity contribution is -0.152. The Hall–Kier alpha value is -2.15. The van der Waals surface area contributed by atoms with Crippen LogP contribution >= 0.6 is 11.3 Å². The minimum absolute atomic E-state index is 0.0409. The number of carboxylic acid groups (broad SMARTS) is 1. The van der Waals surface area contributed by atoms with Crippen molar-refractivity contribution in [1.29, 1.82) is 0 Å². The molecule has 0 saturated carbocycles. The van der Waals surface area contributed by atoms with E-state index in [4.69, 9.17) is 0 Å². The fourth-order valence-electron chi connectivity index (χ4n) is 3.17. The number of hydrogen-bond donors (Lipinski definition) is 1. The number of aliphatic carboxylic acids is 1. The number of aryl methyl sites for hydroxylation is 1. The molecule has 23 heavy (non-hydrogen) atoms. The number of hydrogen-bond acceptors (Lipinski definition) is 4. The number of piperidine rings is 1. The molecule has 7 heteroatoms. The summed E-state index contributed by atoms with van der Waals surface area (Å²) >= 11 is 1.53. The highest BCUT2D eigenvalue weighted by atomic mass is 32.1. The molecule has 0 aliphatic carbocycles. The van der Waals surface area contributed by atoms with E-state index in [1.54, 1.807) is 11.1 Å². The van der Waals surface area contributed by atoms with Gasteiger partial charge in [-0.2, -0.15) is 16.4 Å². The average Bonchev–Trinajstić information content (AvgIpc) is 3.21. The number of carboxylic acids is 1. The summed E-state index contributed by atoms with van der Waals surface area (Å²) in [5.41, 5.74) is 0.925. The van der Waals surface area contributed by atoms with Crippen LogP contribution in [0.1, 0.15) is 30.9 Å². The zero-order valence-electron chi connectivity index (χ0n) is 12.7. The van der Waals surface area contributed by atoms with Crippen LogP contribution in [-0.2, 0) is 16.1 Å². The van der Waals surface area contributed by atoms with E-state index in [1.165, 1.54) is 11.3 Å². The van der Waals surface area contributed by atoms with Crippen LogP contribution < -0.4 is 0 Å². The maximum atomic E-state index is 12.4. The van der Waals surface area contributed by atoms with E-state index in [0.29, 0.717) is 25.9 Å². The van der Waals surface area contributed by atoms with Crippen LogP contribution in [0.15, 0.2) is 35.3 Å². The highest BCUT2D eigenvalue weighted by Crippen LogP contribution is 2.37. The van der Waals surface area contributed by atoms with Crippen molar-refractivity contribution in [2.24, 2.45) is 5.92 Å². The maximum Gasteiger partial charge on any atom is 0.308 e. The van der Waals surface area contributed by atoms with E-state index in [9.17, 15) is 14.7 Å². The third-order valence-electron chi connectivity index (χ3n) is 4.25. The molecule has 1 aliphatic rings. The van der Waals surface area contributed by atoms with Gasteiger partial charge in [-0.25, -0.2) is 0 Å². The second-order valence-electron chi connectivity index (χ2n) is 5.69. The fraction of sp³-hybridized carbons (Fsp3) is 0.438. The SMILES string of the molecule is O=C(O)[C@@H]1CCC(=O)N(CCCn2cccn2)[C@H]1c1ccsc1. The molecule has 122 valence electrons. The molecule has 6 nitrogen and oxygen atoms in total. The van der Waals surface area contributed by atoms with Gasteiger partial charge in [0.2, 0.25) is 5.91 Å². The van der Waals surface area contributed by atoms with Crippen molar-refractivity contribution >= 4 is 23.2 Å². The van der Waals surface area contributed by atoms with Gasteiger partial charge in [0.05, 0.1) is 12.0 Å². The standard InChI is InChI=1S/C16H19N3O3S/c20-14-4-3-13(16(21)22)15(12-5-10-23-11-12)19(14)9-2-8-18-7-1-6-17-18/h1,5-7,10-11,13,15H,2-4,8-9H2,(H,21,22)/t13-,15+/m1/s1. The van der Waals surface area contributed by atoms with Crippen molar-refractivity contribution in [3.8, 4) is 0 Å². The van der Waals surface area contributed by atoms with Crippen LogP contribution in [0.2, 0.25) is 0 Å². The number of carbonyl (C=O) groups excluding carboxylic acids is 1. The van der Waals surface area contributed by atoms with Gasteiger partial charge in [0.1, 0.15) is 0 Å². The Morgan fingerprint density at radius 3 is 2.96 bits per heavy atom. The molecule has 0 radical (unpaired) electrons. The number of amides is 1. The van der Waals surface area contributed by atoms with Gasteiger partial charge in [0.25, 0.3) is 0 Å². The Morgan fingerprint density at radius 2 is 2.30 bits per heavy atom. The summed E-state index contributed by atoms with van der Waals surface area (Å²) in [6.45, 7) is 1.26. The van der Waals surface area contributed by atoms with Crippen molar-refractivity contribution in [2.45, 2.75) is 31.8 Å². The number of carbonyl (C=O) groups is 2. The molecule has 1 amide bonds. The largest absolute Gasteiger partial charge is 0.481 e. The first-order valence-electron chi connectivity index (χ1n) is 7.68. The number of thiophene rings is 1. The average molecular weight is 333 g/mol. The molecular weight excluding hydrogens is 314 g/mol. The summed E-state index contributed by atoms with van der Waals surface area (Å²) in [4.78, 5) is 25.7. The molecule has 0 unspecified atom stereocenters. The third-order valence-corrected chi connectivity index (χ3v) is 4.96. The number of rotatable bonds is 6. The summed E-state index contributed by atoms with van der Waals surface area (Å²) in [6.07, 6.45) is 5.07. The molecule has 0 aromatic carbocycles. The lowest BCUT2D eigenvalue weighted by Crippen LogP contribution is -2.45. The zero-order chi connectivity index (χ0) is 16.2. The lowest BCUT2D eigenvalue weighted by atomic mass is 9.85. The van der Waals surface area contributed by atoms with Gasteiger partial charge < -0.3 is 10.0 Å². The van der Waals surface area contributed by atoms with Gasteiger partial charge in [-0.05, 0) is 41.3 Å². The Bertz CT molecular complexity index is 654. The minimum Gasteiger partial charge on any atom is -0.481 e. The molecular formula is C16H19N3O3S. The van der Waals surface area contributed by atoms with Gasteiger partial charge in [-0.1, -0.05) is 0 Å². The van der Waals surface area contributed by atoms with Gasteiger partial charge >= 0.3 is 5.97 Å². The molecule has 1 fully saturated rings. The highest BCUT2D eigenvalue weighted by Gasteiger charge is 2.40. The number of nitrogens with zero attached hydrogens (tertiary/aromatic N) is 3. The highest BCUT2D eigenvalue weighted by molar-refractivity contribution is 7.08. The van der Waals surface area contributed by atoms with E-state index < -0.39 is 11.9 Å². The van der Waals surface area contributed by atoms with Crippen molar-refractivity contribution < 1.29 is 14.7 Å². The summed E-state index contributed by atoms with van der Waals surface area (Å²) in [5.74, 6) is -1.32. The molecule has 1 N–H and O–H groups in total. The second-order valence-corrected chi connectivity index (χ2v) is 6.47. The Morgan fingerprint density at radius 1 is 1.43 bits per heavy atom. The monoisotopic (exact) mass is 333 g/mol. The van der Waals surface area contributed by atoms with Crippen molar-refractivity contribution in [2.75, 3.05) is 6.54 Å². The smallest absolute Gasteiger partial charge is 0.308 e. The van der Waals surface area contributed by atoms with Gasteiger partial charge in [-0.3, -0.25) is 14.3 Å². The third kappa shape index (κ3) is 3.44. The molecule has 2 aromatic rings. The van der Waals surface area contributed by atoms with Crippen LogP contribution in [-0.4, -0.2) is 38.2 Å². The Labute approximate surface area is 138 Å². The van der Waals surface area contributed by atoms with Gasteiger partial charge in [-0.15, -0.1) is 0 Å².